The van der Waals surface area contributed by atoms with Crippen molar-refractivity contribution in [2.24, 2.45) is 17.8 Å². The summed E-state index contributed by atoms with van der Waals surface area (Å²) in [6, 6.07) is 0. The minimum Gasteiger partial charge on any atom is -0.303 e. The van der Waals surface area contributed by atoms with Gasteiger partial charge in [0.1, 0.15) is 0 Å². The van der Waals surface area contributed by atoms with Gasteiger partial charge in [-0.3, -0.25) is 0 Å². The zero-order valence-electron chi connectivity index (χ0n) is 10.5. The molecule has 1 heterocycles. The molecule has 90 valence electrons. The van der Waals surface area contributed by atoms with Gasteiger partial charge >= 0.3 is 0 Å². The standard InChI is InChI=1S/C13H26BrN/c1-4-5-12(8-14)9-15-7-6-13(10-15)11(2)3/h11-13H,4-10H2,1-3H3. The molecule has 2 unspecified atom stereocenters. The first-order chi connectivity index (χ1) is 7.17. The molecular formula is C13H26BrN. The van der Waals surface area contributed by atoms with E-state index in [1.807, 2.05) is 0 Å². The third kappa shape index (κ3) is 4.44. The topological polar surface area (TPSA) is 3.24 Å². The number of alkyl halides is 1. The van der Waals surface area contributed by atoms with Crippen molar-refractivity contribution in [2.75, 3.05) is 25.0 Å². The molecule has 0 aliphatic carbocycles. The molecule has 0 radical (unpaired) electrons. The number of nitrogens with zero attached hydrogens (tertiary/aromatic N) is 1. The number of halogens is 1. The Morgan fingerprint density at radius 3 is 2.60 bits per heavy atom. The van der Waals surface area contributed by atoms with Crippen LogP contribution in [0.25, 0.3) is 0 Å². The molecule has 0 bridgehead atoms. The van der Waals surface area contributed by atoms with Crippen LogP contribution in [-0.2, 0) is 0 Å². The Bertz CT molecular complexity index is 170. The van der Waals surface area contributed by atoms with Crippen molar-refractivity contribution in [1.82, 2.24) is 4.90 Å². The summed E-state index contributed by atoms with van der Waals surface area (Å²) in [5.41, 5.74) is 0. The van der Waals surface area contributed by atoms with E-state index >= 15 is 0 Å². The first-order valence-corrected chi connectivity index (χ1v) is 7.57. The molecule has 15 heavy (non-hydrogen) atoms. The van der Waals surface area contributed by atoms with E-state index in [4.69, 9.17) is 0 Å². The Labute approximate surface area is 104 Å². The third-order valence-electron chi connectivity index (χ3n) is 3.68. The highest BCUT2D eigenvalue weighted by molar-refractivity contribution is 9.09. The predicted molar refractivity (Wildman–Crippen MR) is 71.6 cm³/mol. The van der Waals surface area contributed by atoms with Gasteiger partial charge in [0.15, 0.2) is 0 Å². The Kier molecular flexibility index (Phi) is 6.21. The van der Waals surface area contributed by atoms with Crippen molar-refractivity contribution >= 4 is 15.9 Å². The van der Waals surface area contributed by atoms with Crippen LogP contribution < -0.4 is 0 Å². The summed E-state index contributed by atoms with van der Waals surface area (Å²) in [7, 11) is 0. The lowest BCUT2D eigenvalue weighted by Crippen LogP contribution is -2.29. The van der Waals surface area contributed by atoms with Gasteiger partial charge in [-0.15, -0.1) is 0 Å². The molecule has 1 fully saturated rings. The lowest BCUT2D eigenvalue weighted by molar-refractivity contribution is 0.262. The maximum absolute atomic E-state index is 3.64. The zero-order chi connectivity index (χ0) is 11.3. The Hall–Kier alpha value is 0.440. The molecule has 1 rings (SSSR count). The fourth-order valence-corrected chi connectivity index (χ4v) is 3.09. The lowest BCUT2D eigenvalue weighted by Gasteiger charge is -2.22. The van der Waals surface area contributed by atoms with E-state index in [2.05, 4.69) is 41.6 Å². The van der Waals surface area contributed by atoms with Crippen molar-refractivity contribution in [3.05, 3.63) is 0 Å². The molecular weight excluding hydrogens is 250 g/mol. The maximum Gasteiger partial charge on any atom is 0.00718 e. The Morgan fingerprint density at radius 2 is 2.13 bits per heavy atom. The quantitative estimate of drug-likeness (QED) is 0.667. The number of likely N-dealkylation sites (tertiary alicyclic amines) is 1. The van der Waals surface area contributed by atoms with Gasteiger partial charge in [0.05, 0.1) is 0 Å². The number of hydrogen-bond donors (Lipinski definition) is 0. The Morgan fingerprint density at radius 1 is 1.40 bits per heavy atom. The second-order valence-electron chi connectivity index (χ2n) is 5.36. The van der Waals surface area contributed by atoms with E-state index < -0.39 is 0 Å². The van der Waals surface area contributed by atoms with Crippen LogP contribution in [0.15, 0.2) is 0 Å². The summed E-state index contributed by atoms with van der Waals surface area (Å²) in [6.45, 7) is 11.0. The summed E-state index contributed by atoms with van der Waals surface area (Å²) >= 11 is 3.64. The first kappa shape index (κ1) is 13.5. The van der Waals surface area contributed by atoms with Crippen LogP contribution in [-0.4, -0.2) is 29.9 Å². The third-order valence-corrected chi connectivity index (χ3v) is 4.60. The minimum atomic E-state index is 0.862. The van der Waals surface area contributed by atoms with Gasteiger partial charge in [0.2, 0.25) is 0 Å². The summed E-state index contributed by atoms with van der Waals surface area (Å²) in [4.78, 5) is 2.67. The molecule has 0 aromatic rings. The van der Waals surface area contributed by atoms with Crippen molar-refractivity contribution in [3.8, 4) is 0 Å². The van der Waals surface area contributed by atoms with Gasteiger partial charge in [-0.1, -0.05) is 43.1 Å². The van der Waals surface area contributed by atoms with Crippen LogP contribution in [0.3, 0.4) is 0 Å². The highest BCUT2D eigenvalue weighted by Crippen LogP contribution is 2.25. The van der Waals surface area contributed by atoms with Gasteiger partial charge in [-0.25, -0.2) is 0 Å². The largest absolute Gasteiger partial charge is 0.303 e. The monoisotopic (exact) mass is 275 g/mol. The van der Waals surface area contributed by atoms with Crippen molar-refractivity contribution in [1.29, 1.82) is 0 Å². The normalized spacial score (nSPS) is 25.0. The van der Waals surface area contributed by atoms with Crippen LogP contribution in [0.2, 0.25) is 0 Å². The summed E-state index contributed by atoms with van der Waals surface area (Å²) in [6.07, 6.45) is 4.10. The second kappa shape index (κ2) is 6.90. The van der Waals surface area contributed by atoms with E-state index in [0.29, 0.717) is 0 Å². The smallest absolute Gasteiger partial charge is 0.00718 e. The molecule has 0 amide bonds. The fraction of sp³-hybridized carbons (Fsp3) is 1.00. The van der Waals surface area contributed by atoms with Gasteiger partial charge in [0.25, 0.3) is 0 Å². The molecule has 0 N–H and O–H groups in total. The highest BCUT2D eigenvalue weighted by atomic mass is 79.9. The average molecular weight is 276 g/mol. The van der Waals surface area contributed by atoms with Gasteiger partial charge in [0, 0.05) is 18.4 Å². The lowest BCUT2D eigenvalue weighted by atomic mass is 9.95. The zero-order valence-corrected chi connectivity index (χ0v) is 12.1. The van der Waals surface area contributed by atoms with Crippen molar-refractivity contribution < 1.29 is 0 Å². The molecule has 1 nitrogen and oxygen atoms in total. The molecule has 2 atom stereocenters. The van der Waals surface area contributed by atoms with E-state index in [-0.39, 0.29) is 0 Å². The van der Waals surface area contributed by atoms with Gasteiger partial charge < -0.3 is 4.90 Å². The van der Waals surface area contributed by atoms with Crippen molar-refractivity contribution in [2.45, 2.75) is 40.0 Å². The highest BCUT2D eigenvalue weighted by Gasteiger charge is 2.25. The molecule has 1 saturated heterocycles. The van der Waals surface area contributed by atoms with Gasteiger partial charge in [-0.05, 0) is 37.1 Å². The molecule has 0 aromatic heterocycles. The number of rotatable bonds is 6. The van der Waals surface area contributed by atoms with E-state index in [0.717, 1.165) is 17.8 Å². The molecule has 1 aliphatic heterocycles. The van der Waals surface area contributed by atoms with Crippen LogP contribution >= 0.6 is 15.9 Å². The molecule has 0 spiro atoms. The van der Waals surface area contributed by atoms with E-state index in [9.17, 15) is 0 Å². The van der Waals surface area contributed by atoms with Crippen molar-refractivity contribution in [3.63, 3.8) is 0 Å². The molecule has 1 aliphatic rings. The molecule has 0 saturated carbocycles. The Balaban J connectivity index is 2.27. The SMILES string of the molecule is CCCC(CBr)CN1CCC(C(C)C)C1. The molecule has 2 heteroatoms. The predicted octanol–water partition coefficient (Wildman–Crippen LogP) is 3.78. The summed E-state index contributed by atoms with van der Waals surface area (Å²) in [5.74, 6) is 2.67. The van der Waals surface area contributed by atoms with E-state index in [1.165, 1.54) is 44.2 Å². The summed E-state index contributed by atoms with van der Waals surface area (Å²) < 4.78 is 0. The fourth-order valence-electron chi connectivity index (χ4n) is 2.56. The minimum absolute atomic E-state index is 0.862. The van der Waals surface area contributed by atoms with Crippen LogP contribution in [0.5, 0.6) is 0 Å². The molecule has 0 aromatic carbocycles. The first-order valence-electron chi connectivity index (χ1n) is 6.45. The summed E-state index contributed by atoms with van der Waals surface area (Å²) in [5, 5.41) is 1.17. The number of hydrogen-bond acceptors (Lipinski definition) is 1. The second-order valence-corrected chi connectivity index (χ2v) is 6.01. The van der Waals surface area contributed by atoms with Gasteiger partial charge in [-0.2, -0.15) is 0 Å². The van der Waals surface area contributed by atoms with Crippen LogP contribution in [0.1, 0.15) is 40.0 Å². The van der Waals surface area contributed by atoms with Crippen LogP contribution in [0, 0.1) is 17.8 Å². The van der Waals surface area contributed by atoms with E-state index in [1.54, 1.807) is 0 Å². The average Bonchev–Trinajstić information content (AvgIpc) is 2.65. The maximum atomic E-state index is 3.64. The van der Waals surface area contributed by atoms with Crippen LogP contribution in [0.4, 0.5) is 0 Å².